The van der Waals surface area contributed by atoms with Crippen LogP contribution in [0.3, 0.4) is 0 Å². The normalized spacial score (nSPS) is 10.5. The molecule has 0 fully saturated rings. The highest BCUT2D eigenvalue weighted by Gasteiger charge is 1.98. The second kappa shape index (κ2) is 3.76. The Kier molecular flexibility index (Phi) is 2.69. The zero-order chi connectivity index (χ0) is 8.97. The van der Waals surface area contributed by atoms with Gasteiger partial charge in [0.2, 0.25) is 0 Å². The number of ether oxygens (including phenoxy) is 1. The zero-order valence-corrected chi connectivity index (χ0v) is 7.11. The van der Waals surface area contributed by atoms with Gasteiger partial charge in [0.15, 0.2) is 0 Å². The van der Waals surface area contributed by atoms with Gasteiger partial charge in [0.25, 0.3) is 0 Å². The van der Waals surface area contributed by atoms with Crippen LogP contribution in [0.4, 0.5) is 0 Å². The molecule has 3 heteroatoms. The highest BCUT2D eigenvalue weighted by atomic mass is 16.5. The summed E-state index contributed by atoms with van der Waals surface area (Å²) >= 11 is 0. The summed E-state index contributed by atoms with van der Waals surface area (Å²) in [6.45, 7) is 0. The summed E-state index contributed by atoms with van der Waals surface area (Å²) in [6, 6.07) is 5.08. The first kappa shape index (κ1) is 8.59. The van der Waals surface area contributed by atoms with Crippen LogP contribution in [-0.2, 0) is 0 Å². The van der Waals surface area contributed by atoms with Crippen molar-refractivity contribution >= 4 is 6.21 Å². The van der Waals surface area contributed by atoms with Gasteiger partial charge in [0, 0.05) is 24.9 Å². The molecular weight excluding hydrogens is 154 g/mol. The maximum Gasteiger partial charge on any atom is 0.128 e. The second-order valence-corrected chi connectivity index (χ2v) is 2.31. The largest absolute Gasteiger partial charge is 0.507 e. The zero-order valence-electron chi connectivity index (χ0n) is 7.11. The van der Waals surface area contributed by atoms with Crippen molar-refractivity contribution in [1.29, 1.82) is 0 Å². The quantitative estimate of drug-likeness (QED) is 0.674. The van der Waals surface area contributed by atoms with E-state index in [4.69, 9.17) is 4.74 Å². The molecule has 0 saturated heterocycles. The van der Waals surface area contributed by atoms with Crippen molar-refractivity contribution in [2.24, 2.45) is 4.99 Å². The van der Waals surface area contributed by atoms with Gasteiger partial charge in [-0.3, -0.25) is 4.99 Å². The molecule has 1 rings (SSSR count). The van der Waals surface area contributed by atoms with Gasteiger partial charge in [-0.25, -0.2) is 0 Å². The monoisotopic (exact) mass is 165 g/mol. The smallest absolute Gasteiger partial charge is 0.128 e. The molecule has 0 aliphatic rings. The standard InChI is InChI=1S/C9H11NO2/c1-10-6-7-3-4-8(12-2)5-9(7)11/h3-6,11H,1-2H3. The van der Waals surface area contributed by atoms with Crippen LogP contribution in [0.15, 0.2) is 23.2 Å². The number of aliphatic imine (C=N–C) groups is 1. The maximum atomic E-state index is 9.38. The molecule has 0 spiro atoms. The van der Waals surface area contributed by atoms with E-state index in [9.17, 15) is 5.11 Å². The molecule has 0 aliphatic carbocycles. The van der Waals surface area contributed by atoms with Crippen molar-refractivity contribution in [2.45, 2.75) is 0 Å². The number of rotatable bonds is 2. The van der Waals surface area contributed by atoms with E-state index in [-0.39, 0.29) is 5.75 Å². The number of hydrogen-bond donors (Lipinski definition) is 1. The Labute approximate surface area is 71.3 Å². The van der Waals surface area contributed by atoms with Gasteiger partial charge in [-0.1, -0.05) is 0 Å². The SMILES string of the molecule is CN=Cc1ccc(OC)cc1O. The molecule has 3 nitrogen and oxygen atoms in total. The average molecular weight is 165 g/mol. The minimum atomic E-state index is 0.181. The summed E-state index contributed by atoms with van der Waals surface area (Å²) in [5.41, 5.74) is 0.693. The number of phenols is 1. The van der Waals surface area contributed by atoms with E-state index < -0.39 is 0 Å². The maximum absolute atomic E-state index is 9.38. The van der Waals surface area contributed by atoms with Crippen LogP contribution >= 0.6 is 0 Å². The van der Waals surface area contributed by atoms with Crippen LogP contribution in [0.5, 0.6) is 11.5 Å². The predicted molar refractivity (Wildman–Crippen MR) is 48.2 cm³/mol. The van der Waals surface area contributed by atoms with Crippen LogP contribution in [0.25, 0.3) is 0 Å². The van der Waals surface area contributed by atoms with Crippen molar-refractivity contribution in [3.8, 4) is 11.5 Å². The predicted octanol–water partition coefficient (Wildman–Crippen LogP) is 1.45. The number of phenolic OH excluding ortho intramolecular Hbond substituents is 1. The van der Waals surface area contributed by atoms with E-state index in [1.165, 1.54) is 0 Å². The first-order valence-corrected chi connectivity index (χ1v) is 3.57. The fourth-order valence-corrected chi connectivity index (χ4v) is 0.899. The fraction of sp³-hybridized carbons (Fsp3) is 0.222. The fourth-order valence-electron chi connectivity index (χ4n) is 0.899. The topological polar surface area (TPSA) is 41.8 Å². The molecule has 0 saturated carbocycles. The van der Waals surface area contributed by atoms with Crippen LogP contribution in [0, 0.1) is 0 Å². The molecule has 12 heavy (non-hydrogen) atoms. The molecule has 0 atom stereocenters. The van der Waals surface area contributed by atoms with Crippen molar-refractivity contribution in [3.05, 3.63) is 23.8 Å². The molecule has 0 aromatic heterocycles. The highest BCUT2D eigenvalue weighted by Crippen LogP contribution is 2.21. The Morgan fingerprint density at radius 3 is 2.75 bits per heavy atom. The minimum absolute atomic E-state index is 0.181. The van der Waals surface area contributed by atoms with Crippen LogP contribution < -0.4 is 4.74 Å². The van der Waals surface area contributed by atoms with Gasteiger partial charge in [0.1, 0.15) is 11.5 Å². The molecule has 0 radical (unpaired) electrons. The van der Waals surface area contributed by atoms with Gasteiger partial charge in [-0.15, -0.1) is 0 Å². The molecule has 0 aliphatic heterocycles. The molecule has 64 valence electrons. The van der Waals surface area contributed by atoms with Crippen molar-refractivity contribution < 1.29 is 9.84 Å². The molecule has 0 amide bonds. The van der Waals surface area contributed by atoms with Crippen LogP contribution in [-0.4, -0.2) is 25.5 Å². The van der Waals surface area contributed by atoms with Crippen molar-refractivity contribution in [1.82, 2.24) is 0 Å². The summed E-state index contributed by atoms with van der Waals surface area (Å²) in [5, 5.41) is 9.38. The third kappa shape index (κ3) is 1.75. The Morgan fingerprint density at radius 1 is 1.50 bits per heavy atom. The summed E-state index contributed by atoms with van der Waals surface area (Å²) in [6.07, 6.45) is 1.59. The molecule has 0 bridgehead atoms. The molecule has 0 unspecified atom stereocenters. The Balaban J connectivity index is 3.03. The van der Waals surface area contributed by atoms with E-state index in [1.54, 1.807) is 38.6 Å². The second-order valence-electron chi connectivity index (χ2n) is 2.31. The third-order valence-electron chi connectivity index (χ3n) is 1.51. The Bertz CT molecular complexity index is 295. The lowest BCUT2D eigenvalue weighted by atomic mass is 10.2. The highest BCUT2D eigenvalue weighted by molar-refractivity contribution is 5.83. The van der Waals surface area contributed by atoms with Gasteiger partial charge < -0.3 is 9.84 Å². The lowest BCUT2D eigenvalue weighted by Gasteiger charge is -2.01. The minimum Gasteiger partial charge on any atom is -0.507 e. The Morgan fingerprint density at radius 2 is 2.25 bits per heavy atom. The van der Waals surface area contributed by atoms with Crippen molar-refractivity contribution in [3.63, 3.8) is 0 Å². The number of aromatic hydroxyl groups is 1. The van der Waals surface area contributed by atoms with E-state index >= 15 is 0 Å². The third-order valence-corrected chi connectivity index (χ3v) is 1.51. The lowest BCUT2D eigenvalue weighted by Crippen LogP contribution is -1.85. The van der Waals surface area contributed by atoms with E-state index in [0.29, 0.717) is 11.3 Å². The van der Waals surface area contributed by atoms with Crippen LogP contribution in [0.1, 0.15) is 5.56 Å². The van der Waals surface area contributed by atoms with Crippen LogP contribution in [0.2, 0.25) is 0 Å². The molecule has 1 aromatic rings. The summed E-state index contributed by atoms with van der Waals surface area (Å²) in [4.78, 5) is 3.80. The molecular formula is C9H11NO2. The number of hydrogen-bond acceptors (Lipinski definition) is 3. The average Bonchev–Trinajstić information content (AvgIpc) is 2.09. The number of methoxy groups -OCH3 is 1. The molecule has 0 heterocycles. The summed E-state index contributed by atoms with van der Waals surface area (Å²) < 4.78 is 4.92. The summed E-state index contributed by atoms with van der Waals surface area (Å²) in [5.74, 6) is 0.820. The van der Waals surface area contributed by atoms with Crippen molar-refractivity contribution in [2.75, 3.05) is 14.2 Å². The molecule has 1 N–H and O–H groups in total. The first-order chi connectivity index (χ1) is 5.77. The number of nitrogens with zero attached hydrogens (tertiary/aromatic N) is 1. The van der Waals surface area contributed by atoms with Gasteiger partial charge in [-0.2, -0.15) is 0 Å². The number of benzene rings is 1. The first-order valence-electron chi connectivity index (χ1n) is 3.57. The Hall–Kier alpha value is -1.51. The lowest BCUT2D eigenvalue weighted by molar-refractivity contribution is 0.407. The van der Waals surface area contributed by atoms with E-state index in [1.807, 2.05) is 0 Å². The van der Waals surface area contributed by atoms with Gasteiger partial charge in [0.05, 0.1) is 7.11 Å². The van der Waals surface area contributed by atoms with Gasteiger partial charge in [-0.05, 0) is 12.1 Å². The molecule has 1 aromatic carbocycles. The summed E-state index contributed by atoms with van der Waals surface area (Å²) in [7, 11) is 3.21. The van der Waals surface area contributed by atoms with E-state index in [0.717, 1.165) is 0 Å². The van der Waals surface area contributed by atoms with Gasteiger partial charge >= 0.3 is 0 Å². The van der Waals surface area contributed by atoms with E-state index in [2.05, 4.69) is 4.99 Å².